The molecule has 0 saturated heterocycles. The van der Waals surface area contributed by atoms with E-state index in [2.05, 4.69) is 11.6 Å². The van der Waals surface area contributed by atoms with Crippen LogP contribution in [0.5, 0.6) is 0 Å². The minimum absolute atomic E-state index is 0.176. The van der Waals surface area contributed by atoms with Crippen LogP contribution in [0.2, 0.25) is 5.02 Å². The Hall–Kier alpha value is -1.55. The zero-order valence-electron chi connectivity index (χ0n) is 9.24. The summed E-state index contributed by atoms with van der Waals surface area (Å²) in [7, 11) is 0. The predicted octanol–water partition coefficient (Wildman–Crippen LogP) is 2.34. The van der Waals surface area contributed by atoms with Crippen molar-refractivity contribution in [2.45, 2.75) is 6.04 Å². The normalized spacial score (nSPS) is 19.3. The third-order valence-electron chi connectivity index (χ3n) is 2.74. The molecule has 1 aliphatic rings. The van der Waals surface area contributed by atoms with Gasteiger partial charge in [0.1, 0.15) is 5.82 Å². The smallest absolute Gasteiger partial charge is 0.192 e. The lowest BCUT2D eigenvalue weighted by Gasteiger charge is -2.25. The Morgan fingerprint density at radius 1 is 1.65 bits per heavy atom. The van der Waals surface area contributed by atoms with Gasteiger partial charge in [-0.05, 0) is 12.1 Å². The van der Waals surface area contributed by atoms with Gasteiger partial charge in [0, 0.05) is 17.1 Å². The summed E-state index contributed by atoms with van der Waals surface area (Å²) in [5, 5.41) is 0.383. The second kappa shape index (κ2) is 4.75. The van der Waals surface area contributed by atoms with Crippen molar-refractivity contribution in [1.29, 1.82) is 0 Å². The van der Waals surface area contributed by atoms with E-state index in [1.807, 2.05) is 4.90 Å². The van der Waals surface area contributed by atoms with Crippen LogP contribution >= 0.6 is 11.6 Å². The Bertz CT molecular complexity index is 473. The van der Waals surface area contributed by atoms with Crippen molar-refractivity contribution >= 4 is 17.6 Å². The molecule has 1 aliphatic heterocycles. The number of benzene rings is 1. The van der Waals surface area contributed by atoms with Crippen LogP contribution in [-0.4, -0.2) is 23.9 Å². The first kappa shape index (κ1) is 11.9. The summed E-state index contributed by atoms with van der Waals surface area (Å²) in [6, 6.07) is 4.47. The molecule has 2 rings (SSSR count). The second-order valence-corrected chi connectivity index (χ2v) is 4.26. The quantitative estimate of drug-likeness (QED) is 0.840. The fourth-order valence-corrected chi connectivity index (χ4v) is 2.09. The summed E-state index contributed by atoms with van der Waals surface area (Å²) in [6.07, 6.45) is 1.72. The number of aliphatic imine (C=N–C) groups is 1. The molecule has 2 N–H and O–H groups in total. The maximum absolute atomic E-state index is 13.8. The highest BCUT2D eigenvalue weighted by Gasteiger charge is 2.28. The van der Waals surface area contributed by atoms with Gasteiger partial charge in [-0.1, -0.05) is 23.7 Å². The molecule has 1 atom stereocenters. The fraction of sp³-hybridized carbons (Fsp3) is 0.250. The molecule has 1 unspecified atom stereocenters. The van der Waals surface area contributed by atoms with E-state index in [0.717, 1.165) is 0 Å². The van der Waals surface area contributed by atoms with E-state index in [0.29, 0.717) is 29.6 Å². The van der Waals surface area contributed by atoms with Crippen LogP contribution in [-0.2, 0) is 0 Å². The molecule has 0 aliphatic carbocycles. The summed E-state index contributed by atoms with van der Waals surface area (Å²) >= 11 is 5.73. The number of hydrogen-bond donors (Lipinski definition) is 1. The molecule has 1 heterocycles. The Labute approximate surface area is 104 Å². The Kier molecular flexibility index (Phi) is 3.33. The predicted molar refractivity (Wildman–Crippen MR) is 67.5 cm³/mol. The number of nitrogens with zero attached hydrogens (tertiary/aromatic N) is 2. The molecule has 0 saturated carbocycles. The zero-order valence-corrected chi connectivity index (χ0v) is 9.99. The number of nitrogens with two attached hydrogens (primary N) is 1. The van der Waals surface area contributed by atoms with Gasteiger partial charge in [0.15, 0.2) is 5.96 Å². The van der Waals surface area contributed by atoms with Gasteiger partial charge in [-0.25, -0.2) is 4.39 Å². The third kappa shape index (κ3) is 2.26. The minimum atomic E-state index is -0.332. The second-order valence-electron chi connectivity index (χ2n) is 3.82. The van der Waals surface area contributed by atoms with Gasteiger partial charge >= 0.3 is 0 Å². The average Bonchev–Trinajstić information content (AvgIpc) is 2.62. The van der Waals surface area contributed by atoms with E-state index < -0.39 is 0 Å². The zero-order chi connectivity index (χ0) is 12.4. The molecule has 5 heteroatoms. The van der Waals surface area contributed by atoms with Crippen molar-refractivity contribution in [1.82, 2.24) is 4.90 Å². The van der Waals surface area contributed by atoms with Crippen molar-refractivity contribution < 1.29 is 4.39 Å². The van der Waals surface area contributed by atoms with E-state index in [9.17, 15) is 4.39 Å². The van der Waals surface area contributed by atoms with E-state index >= 15 is 0 Å². The van der Waals surface area contributed by atoms with Crippen LogP contribution < -0.4 is 5.73 Å². The highest BCUT2D eigenvalue weighted by Crippen LogP contribution is 2.28. The maximum atomic E-state index is 13.8. The third-order valence-corrected chi connectivity index (χ3v) is 2.98. The summed E-state index contributed by atoms with van der Waals surface area (Å²) in [4.78, 5) is 5.95. The van der Waals surface area contributed by atoms with Crippen LogP contribution in [0, 0.1) is 5.82 Å². The van der Waals surface area contributed by atoms with Gasteiger partial charge < -0.3 is 10.6 Å². The monoisotopic (exact) mass is 253 g/mol. The molecule has 0 aromatic heterocycles. The van der Waals surface area contributed by atoms with Crippen LogP contribution in [0.3, 0.4) is 0 Å². The van der Waals surface area contributed by atoms with Crippen LogP contribution in [0.1, 0.15) is 11.6 Å². The summed E-state index contributed by atoms with van der Waals surface area (Å²) in [5.41, 5.74) is 6.31. The minimum Gasteiger partial charge on any atom is -0.370 e. The first-order valence-corrected chi connectivity index (χ1v) is 5.63. The van der Waals surface area contributed by atoms with E-state index in [1.165, 1.54) is 6.07 Å². The van der Waals surface area contributed by atoms with Gasteiger partial charge in [-0.15, -0.1) is 6.58 Å². The van der Waals surface area contributed by atoms with Crippen molar-refractivity contribution in [3.8, 4) is 0 Å². The van der Waals surface area contributed by atoms with E-state index in [4.69, 9.17) is 17.3 Å². The number of rotatable bonds is 3. The molecular weight excluding hydrogens is 241 g/mol. The molecule has 1 aromatic carbocycles. The standard InChI is InChI=1S/C12H13ClFN3/c1-2-5-17-11(7-16-12(17)15)9-4-3-8(13)6-10(9)14/h2-4,6,11H,1,5,7H2,(H2,15,16). The molecule has 90 valence electrons. The average molecular weight is 254 g/mol. The summed E-state index contributed by atoms with van der Waals surface area (Å²) < 4.78 is 13.8. The lowest BCUT2D eigenvalue weighted by Crippen LogP contribution is -2.36. The van der Waals surface area contributed by atoms with Crippen molar-refractivity contribution in [3.05, 3.63) is 47.3 Å². The Balaban J connectivity index is 2.31. The number of halogens is 2. The molecule has 0 amide bonds. The van der Waals surface area contributed by atoms with Gasteiger partial charge in [0.25, 0.3) is 0 Å². The van der Waals surface area contributed by atoms with Gasteiger partial charge in [0.2, 0.25) is 0 Å². The molecule has 3 nitrogen and oxygen atoms in total. The fourth-order valence-electron chi connectivity index (χ4n) is 1.93. The topological polar surface area (TPSA) is 41.6 Å². The van der Waals surface area contributed by atoms with Crippen LogP contribution in [0.15, 0.2) is 35.8 Å². The maximum Gasteiger partial charge on any atom is 0.192 e. The molecule has 0 radical (unpaired) electrons. The first-order chi connectivity index (χ1) is 8.13. The highest BCUT2D eigenvalue weighted by atomic mass is 35.5. The van der Waals surface area contributed by atoms with Crippen molar-refractivity contribution in [2.24, 2.45) is 10.7 Å². The number of hydrogen-bond acceptors (Lipinski definition) is 3. The lowest BCUT2D eigenvalue weighted by molar-refractivity contribution is 0.369. The molecule has 0 fully saturated rings. The van der Waals surface area contributed by atoms with Gasteiger partial charge in [-0.2, -0.15) is 0 Å². The Morgan fingerprint density at radius 2 is 2.41 bits per heavy atom. The van der Waals surface area contributed by atoms with Crippen molar-refractivity contribution in [3.63, 3.8) is 0 Å². The Morgan fingerprint density at radius 3 is 3.06 bits per heavy atom. The van der Waals surface area contributed by atoms with Crippen LogP contribution in [0.4, 0.5) is 4.39 Å². The van der Waals surface area contributed by atoms with E-state index in [-0.39, 0.29) is 11.9 Å². The molecule has 17 heavy (non-hydrogen) atoms. The van der Waals surface area contributed by atoms with E-state index in [1.54, 1.807) is 18.2 Å². The molecule has 0 spiro atoms. The molecular formula is C12H13ClFN3. The first-order valence-electron chi connectivity index (χ1n) is 5.26. The largest absolute Gasteiger partial charge is 0.370 e. The number of guanidine groups is 1. The summed E-state index contributed by atoms with van der Waals surface area (Å²) in [5.74, 6) is 0.0886. The molecule has 1 aromatic rings. The van der Waals surface area contributed by atoms with Crippen LogP contribution in [0.25, 0.3) is 0 Å². The van der Waals surface area contributed by atoms with Gasteiger partial charge in [0.05, 0.1) is 12.6 Å². The van der Waals surface area contributed by atoms with Gasteiger partial charge in [-0.3, -0.25) is 4.99 Å². The lowest BCUT2D eigenvalue weighted by atomic mass is 10.1. The highest BCUT2D eigenvalue weighted by molar-refractivity contribution is 6.30. The molecule has 0 bridgehead atoms. The SMILES string of the molecule is C=CCN1C(N)=NCC1c1ccc(Cl)cc1F. The van der Waals surface area contributed by atoms with Crippen molar-refractivity contribution in [2.75, 3.05) is 13.1 Å². The summed E-state index contributed by atoms with van der Waals surface area (Å²) in [6.45, 7) is 4.66.